The van der Waals surface area contributed by atoms with E-state index in [0.29, 0.717) is 5.69 Å². The van der Waals surface area contributed by atoms with Crippen molar-refractivity contribution < 1.29 is 24.6 Å². The molecule has 0 aliphatic carbocycles. The maximum absolute atomic E-state index is 12.5. The second kappa shape index (κ2) is 6.11. The summed E-state index contributed by atoms with van der Waals surface area (Å²) in [6, 6.07) is 8.00. The fourth-order valence-electron chi connectivity index (χ4n) is 1.26. The van der Waals surface area contributed by atoms with Gasteiger partial charge in [0.05, 0.1) is 11.2 Å². The predicted octanol–water partition coefficient (Wildman–Crippen LogP) is 1.56. The summed E-state index contributed by atoms with van der Waals surface area (Å²) in [7, 11) is -9.55. The van der Waals surface area contributed by atoms with Gasteiger partial charge in [-0.15, -0.1) is 7.77 Å². The number of halogens is 2. The molecule has 106 valence electrons. The van der Waals surface area contributed by atoms with Gasteiger partial charge in [-0.3, -0.25) is 0 Å². The minimum atomic E-state index is -4.85. The first kappa shape index (κ1) is 15.6. The van der Waals surface area contributed by atoms with Crippen molar-refractivity contribution in [2.45, 2.75) is 0 Å². The highest BCUT2D eigenvalue weighted by atomic mass is 32.3. The molecular formula is C10H11F2NO4S2. The maximum atomic E-state index is 12.5. The summed E-state index contributed by atoms with van der Waals surface area (Å²) in [5, 5.41) is 0.269. The van der Waals surface area contributed by atoms with Crippen LogP contribution in [0, 0.1) is 0 Å². The first-order valence-electron chi connectivity index (χ1n) is 5.04. The van der Waals surface area contributed by atoms with E-state index in [2.05, 4.69) is 0 Å². The van der Waals surface area contributed by atoms with Crippen molar-refractivity contribution in [3.05, 3.63) is 41.9 Å². The molecule has 0 aromatic heterocycles. The minimum Gasteiger partial charge on any atom is -0.346 e. The summed E-state index contributed by atoms with van der Waals surface area (Å²) in [5.41, 5.74) is 0.408. The highest BCUT2D eigenvalue weighted by Crippen LogP contribution is 2.14. The molecule has 0 amide bonds. The molecular weight excluding hydrogens is 300 g/mol. The molecule has 1 aromatic rings. The molecule has 1 aromatic carbocycles. The van der Waals surface area contributed by atoms with Crippen molar-refractivity contribution in [2.24, 2.45) is 0 Å². The molecule has 19 heavy (non-hydrogen) atoms. The number of benzene rings is 1. The van der Waals surface area contributed by atoms with Crippen LogP contribution in [0.25, 0.3) is 0 Å². The van der Waals surface area contributed by atoms with Gasteiger partial charge in [-0.2, -0.15) is 16.8 Å². The zero-order chi connectivity index (χ0) is 14.5. The molecule has 0 atom stereocenters. The molecule has 0 spiro atoms. The Kier molecular flexibility index (Phi) is 5.01. The molecule has 0 radical (unpaired) electrons. The fourth-order valence-corrected chi connectivity index (χ4v) is 1.97. The Balaban J connectivity index is 2.95. The molecule has 0 N–H and O–H groups in total. The normalized spacial score (nSPS) is 12.7. The number of nitrogens with zero attached hydrogens (tertiary/aromatic N) is 1. The van der Waals surface area contributed by atoms with Crippen LogP contribution in [0.1, 0.15) is 0 Å². The first-order chi connectivity index (χ1) is 8.67. The van der Waals surface area contributed by atoms with E-state index in [1.54, 1.807) is 30.3 Å². The van der Waals surface area contributed by atoms with Crippen LogP contribution in [-0.4, -0.2) is 29.1 Å². The fraction of sp³-hybridized carbons (Fsp3) is 0.200. The Bertz CT molecular complexity index is 641. The summed E-state index contributed by atoms with van der Waals surface area (Å²) < 4.78 is 66.6. The van der Waals surface area contributed by atoms with Gasteiger partial charge in [-0.05, 0) is 12.1 Å². The van der Waals surface area contributed by atoms with Crippen LogP contribution in [0.2, 0.25) is 0 Å². The van der Waals surface area contributed by atoms with Gasteiger partial charge in [-0.25, -0.2) is 0 Å². The van der Waals surface area contributed by atoms with Gasteiger partial charge in [-0.1, -0.05) is 18.2 Å². The largest absolute Gasteiger partial charge is 0.346 e. The molecule has 0 saturated heterocycles. The second-order valence-corrected chi connectivity index (χ2v) is 6.24. The third-order valence-corrected chi connectivity index (χ3v) is 3.18. The van der Waals surface area contributed by atoms with Gasteiger partial charge in [0.25, 0.3) is 0 Å². The van der Waals surface area contributed by atoms with Gasteiger partial charge in [0.2, 0.25) is 0 Å². The summed E-state index contributed by atoms with van der Waals surface area (Å²) >= 11 is 0. The summed E-state index contributed by atoms with van der Waals surface area (Å²) in [6.45, 7) is -0.338. The van der Waals surface area contributed by atoms with Crippen molar-refractivity contribution in [1.82, 2.24) is 0 Å². The van der Waals surface area contributed by atoms with E-state index >= 15 is 0 Å². The van der Waals surface area contributed by atoms with Crippen LogP contribution < -0.4 is 4.90 Å². The molecule has 1 rings (SSSR count). The van der Waals surface area contributed by atoms with Gasteiger partial charge in [0, 0.05) is 18.4 Å². The Morgan fingerprint density at radius 3 is 2.11 bits per heavy atom. The lowest BCUT2D eigenvalue weighted by Gasteiger charge is -2.19. The van der Waals surface area contributed by atoms with E-state index in [1.165, 1.54) is 0 Å². The molecule has 0 unspecified atom stereocenters. The van der Waals surface area contributed by atoms with E-state index in [4.69, 9.17) is 0 Å². The lowest BCUT2D eigenvalue weighted by Crippen LogP contribution is -2.23. The van der Waals surface area contributed by atoms with Gasteiger partial charge in [0.15, 0.2) is 0 Å². The third kappa shape index (κ3) is 6.87. The Morgan fingerprint density at radius 2 is 1.63 bits per heavy atom. The standard InChI is InChI=1S/C10H11F2NO4S2/c11-18(14,15)8-6-13(7-9-19(12,16)17)10-4-2-1-3-5-10/h1-6,8H,7,9H2. The molecule has 0 fully saturated rings. The number of rotatable bonds is 6. The maximum Gasteiger partial charge on any atom is 0.326 e. The number of para-hydroxylation sites is 1. The van der Waals surface area contributed by atoms with Crippen LogP contribution >= 0.6 is 0 Å². The van der Waals surface area contributed by atoms with Crippen LogP contribution in [0.5, 0.6) is 0 Å². The molecule has 0 aliphatic rings. The highest BCUT2D eigenvalue weighted by Gasteiger charge is 2.12. The number of anilines is 1. The predicted molar refractivity (Wildman–Crippen MR) is 67.9 cm³/mol. The van der Waals surface area contributed by atoms with Crippen LogP contribution in [0.15, 0.2) is 41.9 Å². The molecule has 0 heterocycles. The average Bonchev–Trinajstić information content (AvgIpc) is 2.27. The Hall–Kier alpha value is -1.48. The van der Waals surface area contributed by atoms with Crippen LogP contribution in [0.3, 0.4) is 0 Å². The average molecular weight is 311 g/mol. The van der Waals surface area contributed by atoms with Gasteiger partial charge >= 0.3 is 20.4 Å². The monoisotopic (exact) mass is 311 g/mol. The van der Waals surface area contributed by atoms with Crippen LogP contribution in [0.4, 0.5) is 13.5 Å². The highest BCUT2D eigenvalue weighted by molar-refractivity contribution is 7.89. The second-order valence-electron chi connectivity index (χ2n) is 3.53. The van der Waals surface area contributed by atoms with Gasteiger partial charge < -0.3 is 4.90 Å². The molecule has 0 aliphatic heterocycles. The van der Waals surface area contributed by atoms with E-state index in [-0.39, 0.29) is 12.0 Å². The van der Waals surface area contributed by atoms with Crippen LogP contribution in [-0.2, 0) is 20.4 Å². The topological polar surface area (TPSA) is 71.5 Å². The molecule has 9 heteroatoms. The molecule has 5 nitrogen and oxygen atoms in total. The summed E-state index contributed by atoms with van der Waals surface area (Å²) in [5.74, 6) is -0.835. The summed E-state index contributed by atoms with van der Waals surface area (Å²) in [4.78, 5) is 1.12. The number of hydrogen-bond donors (Lipinski definition) is 0. The number of hydrogen-bond acceptors (Lipinski definition) is 5. The van der Waals surface area contributed by atoms with E-state index in [9.17, 15) is 24.6 Å². The van der Waals surface area contributed by atoms with Crippen molar-refractivity contribution in [3.8, 4) is 0 Å². The van der Waals surface area contributed by atoms with Crippen molar-refractivity contribution in [3.63, 3.8) is 0 Å². The summed E-state index contributed by atoms with van der Waals surface area (Å²) in [6.07, 6.45) is 0.843. The smallest absolute Gasteiger partial charge is 0.326 e. The zero-order valence-corrected chi connectivity index (χ0v) is 11.2. The van der Waals surface area contributed by atoms with Crippen molar-refractivity contribution in [1.29, 1.82) is 0 Å². The molecule has 0 bridgehead atoms. The third-order valence-electron chi connectivity index (χ3n) is 2.07. The molecule has 0 saturated carbocycles. The van der Waals surface area contributed by atoms with Crippen molar-refractivity contribution in [2.75, 3.05) is 17.2 Å². The van der Waals surface area contributed by atoms with Crippen molar-refractivity contribution >= 4 is 26.1 Å². The lowest BCUT2D eigenvalue weighted by atomic mass is 10.3. The van der Waals surface area contributed by atoms with E-state index in [1.807, 2.05) is 0 Å². The van der Waals surface area contributed by atoms with E-state index < -0.39 is 26.2 Å². The Morgan fingerprint density at radius 1 is 1.05 bits per heavy atom. The first-order valence-corrected chi connectivity index (χ1v) is 8.04. The van der Waals surface area contributed by atoms with Gasteiger partial charge in [0.1, 0.15) is 0 Å². The van der Waals surface area contributed by atoms with E-state index in [0.717, 1.165) is 11.1 Å². The zero-order valence-electron chi connectivity index (χ0n) is 9.61. The SMILES string of the molecule is O=S(=O)(F)C=CN(CCS(=O)(=O)F)c1ccccc1. The lowest BCUT2D eigenvalue weighted by molar-refractivity contribution is 0.551. The Labute approximate surface area is 110 Å². The quantitative estimate of drug-likeness (QED) is 0.746. The minimum absolute atomic E-state index is 0.269.